The Morgan fingerprint density at radius 1 is 1.14 bits per heavy atom. The van der Waals surface area contributed by atoms with Gasteiger partial charge in [0.05, 0.1) is 23.5 Å². The number of carbonyl (C=O) groups excluding carboxylic acids is 2. The molecule has 1 fully saturated rings. The van der Waals surface area contributed by atoms with Gasteiger partial charge in [0.25, 0.3) is 0 Å². The van der Waals surface area contributed by atoms with Crippen molar-refractivity contribution < 1.29 is 9.59 Å². The lowest BCUT2D eigenvalue weighted by atomic mass is 9.96. The van der Waals surface area contributed by atoms with Gasteiger partial charge in [0.1, 0.15) is 5.82 Å². The van der Waals surface area contributed by atoms with Crippen LogP contribution < -0.4 is 5.32 Å². The average Bonchev–Trinajstić information content (AvgIpc) is 3.08. The van der Waals surface area contributed by atoms with E-state index in [0.717, 1.165) is 23.3 Å². The average molecular weight is 390 g/mol. The molecule has 0 aliphatic carbocycles. The van der Waals surface area contributed by atoms with Crippen LogP contribution >= 0.6 is 0 Å². The van der Waals surface area contributed by atoms with Gasteiger partial charge in [0.2, 0.25) is 11.8 Å². The highest BCUT2D eigenvalue weighted by molar-refractivity contribution is 5.84. The van der Waals surface area contributed by atoms with Gasteiger partial charge in [0, 0.05) is 26.6 Å². The van der Waals surface area contributed by atoms with Gasteiger partial charge in [-0.25, -0.2) is 4.98 Å². The van der Waals surface area contributed by atoms with E-state index in [4.69, 9.17) is 0 Å². The van der Waals surface area contributed by atoms with Crippen LogP contribution in [-0.4, -0.2) is 39.4 Å². The molecule has 1 aromatic heterocycles. The first kappa shape index (κ1) is 19.2. The summed E-state index contributed by atoms with van der Waals surface area (Å²) in [6, 6.07) is 18.1. The Kier molecular flexibility index (Phi) is 5.60. The molecule has 150 valence electrons. The number of hydrogen-bond acceptors (Lipinski definition) is 3. The SMILES string of the molecule is Cn1c(CNC(=O)[C@H]2CCC(=O)N(CCc3ccccc3)C2)nc2ccccc21. The maximum Gasteiger partial charge on any atom is 0.225 e. The number of hydrogen-bond donors (Lipinski definition) is 1. The zero-order valence-corrected chi connectivity index (χ0v) is 16.7. The Balaban J connectivity index is 1.34. The van der Waals surface area contributed by atoms with Gasteiger partial charge in [-0.05, 0) is 30.5 Å². The number of fused-ring (bicyclic) bond motifs is 1. The monoisotopic (exact) mass is 390 g/mol. The summed E-state index contributed by atoms with van der Waals surface area (Å²) in [7, 11) is 1.96. The summed E-state index contributed by atoms with van der Waals surface area (Å²) in [6.07, 6.45) is 1.84. The number of aryl methyl sites for hydroxylation is 1. The topological polar surface area (TPSA) is 67.2 Å². The minimum atomic E-state index is -0.168. The molecule has 1 aliphatic heterocycles. The summed E-state index contributed by atoms with van der Waals surface area (Å²) < 4.78 is 2.01. The highest BCUT2D eigenvalue weighted by Gasteiger charge is 2.30. The normalized spacial score (nSPS) is 16.9. The van der Waals surface area contributed by atoms with E-state index < -0.39 is 0 Å². The summed E-state index contributed by atoms with van der Waals surface area (Å²) in [5.41, 5.74) is 3.18. The van der Waals surface area contributed by atoms with Crippen molar-refractivity contribution in [2.45, 2.75) is 25.8 Å². The predicted molar refractivity (Wildman–Crippen MR) is 112 cm³/mol. The summed E-state index contributed by atoms with van der Waals surface area (Å²) in [4.78, 5) is 31.5. The number of nitrogens with one attached hydrogen (secondary N) is 1. The van der Waals surface area contributed by atoms with Crippen LogP contribution in [0.3, 0.4) is 0 Å². The fraction of sp³-hybridized carbons (Fsp3) is 0.348. The standard InChI is InChI=1S/C23H26N4O2/c1-26-20-10-6-5-9-19(20)25-21(26)15-24-23(29)18-11-12-22(28)27(16-18)14-13-17-7-3-2-4-8-17/h2-10,18H,11-16H2,1H3,(H,24,29)/t18-/m0/s1. The van der Waals surface area contributed by atoms with E-state index in [9.17, 15) is 9.59 Å². The second kappa shape index (κ2) is 8.47. The molecule has 4 rings (SSSR count). The first-order chi connectivity index (χ1) is 14.1. The lowest BCUT2D eigenvalue weighted by Crippen LogP contribution is -2.46. The maximum absolute atomic E-state index is 12.7. The van der Waals surface area contributed by atoms with Gasteiger partial charge in [-0.15, -0.1) is 0 Å². The quantitative estimate of drug-likeness (QED) is 0.704. The molecule has 3 aromatic rings. The van der Waals surface area contributed by atoms with Crippen LogP contribution in [0.5, 0.6) is 0 Å². The molecule has 1 saturated heterocycles. The third kappa shape index (κ3) is 4.31. The molecule has 0 saturated carbocycles. The first-order valence-electron chi connectivity index (χ1n) is 10.1. The van der Waals surface area contributed by atoms with Crippen LogP contribution in [0.25, 0.3) is 11.0 Å². The van der Waals surface area contributed by atoms with E-state index in [1.807, 2.05) is 59.0 Å². The van der Waals surface area contributed by atoms with Gasteiger partial charge >= 0.3 is 0 Å². The minimum absolute atomic E-state index is 0.00531. The predicted octanol–water partition coefficient (Wildman–Crippen LogP) is 2.67. The van der Waals surface area contributed by atoms with Crippen molar-refractivity contribution >= 4 is 22.8 Å². The van der Waals surface area contributed by atoms with Crippen molar-refractivity contribution in [1.29, 1.82) is 0 Å². The molecule has 0 bridgehead atoms. The number of carbonyl (C=O) groups is 2. The zero-order chi connectivity index (χ0) is 20.2. The second-order valence-electron chi connectivity index (χ2n) is 7.60. The number of imidazole rings is 1. The molecule has 0 spiro atoms. The lowest BCUT2D eigenvalue weighted by molar-refractivity contribution is -0.138. The van der Waals surface area contributed by atoms with E-state index in [1.54, 1.807) is 0 Å². The van der Waals surface area contributed by atoms with Crippen molar-refractivity contribution in [3.05, 3.63) is 66.0 Å². The fourth-order valence-corrected chi connectivity index (χ4v) is 3.92. The van der Waals surface area contributed by atoms with Crippen LogP contribution in [0.2, 0.25) is 0 Å². The Labute approximate surface area is 170 Å². The highest BCUT2D eigenvalue weighted by Crippen LogP contribution is 2.19. The molecule has 6 nitrogen and oxygen atoms in total. The molecule has 0 unspecified atom stereocenters. The number of nitrogens with zero attached hydrogens (tertiary/aromatic N) is 3. The molecule has 0 radical (unpaired) electrons. The molecule has 29 heavy (non-hydrogen) atoms. The number of para-hydroxylation sites is 2. The molecule has 1 aliphatic rings. The van der Waals surface area contributed by atoms with Gasteiger partial charge in [-0.3, -0.25) is 9.59 Å². The van der Waals surface area contributed by atoms with Crippen LogP contribution in [0, 0.1) is 5.92 Å². The molecule has 2 heterocycles. The number of amides is 2. The lowest BCUT2D eigenvalue weighted by Gasteiger charge is -2.32. The number of rotatable bonds is 6. The van der Waals surface area contributed by atoms with E-state index in [2.05, 4.69) is 22.4 Å². The van der Waals surface area contributed by atoms with Crippen LogP contribution in [0.1, 0.15) is 24.2 Å². The fourth-order valence-electron chi connectivity index (χ4n) is 3.92. The van der Waals surface area contributed by atoms with E-state index in [1.165, 1.54) is 5.56 Å². The van der Waals surface area contributed by atoms with E-state index >= 15 is 0 Å². The Hall–Kier alpha value is -3.15. The minimum Gasteiger partial charge on any atom is -0.349 e. The Bertz CT molecular complexity index is 1010. The zero-order valence-electron chi connectivity index (χ0n) is 16.7. The summed E-state index contributed by atoms with van der Waals surface area (Å²) in [5.74, 6) is 0.792. The Morgan fingerprint density at radius 2 is 1.90 bits per heavy atom. The number of piperidine rings is 1. The smallest absolute Gasteiger partial charge is 0.225 e. The van der Waals surface area contributed by atoms with Gasteiger partial charge in [-0.2, -0.15) is 0 Å². The largest absolute Gasteiger partial charge is 0.349 e. The third-order valence-electron chi connectivity index (χ3n) is 5.68. The molecule has 2 aromatic carbocycles. The molecular formula is C23H26N4O2. The van der Waals surface area contributed by atoms with Crippen LogP contribution in [0.15, 0.2) is 54.6 Å². The molecule has 6 heteroatoms. The summed E-state index contributed by atoms with van der Waals surface area (Å²) >= 11 is 0. The van der Waals surface area contributed by atoms with Crippen molar-refractivity contribution in [2.24, 2.45) is 13.0 Å². The number of aromatic nitrogens is 2. The van der Waals surface area contributed by atoms with Gasteiger partial charge in [-0.1, -0.05) is 42.5 Å². The van der Waals surface area contributed by atoms with E-state index in [-0.39, 0.29) is 17.7 Å². The molecular weight excluding hydrogens is 364 g/mol. The van der Waals surface area contributed by atoms with Crippen molar-refractivity contribution in [2.75, 3.05) is 13.1 Å². The third-order valence-corrected chi connectivity index (χ3v) is 5.68. The van der Waals surface area contributed by atoms with Crippen molar-refractivity contribution in [3.8, 4) is 0 Å². The second-order valence-corrected chi connectivity index (χ2v) is 7.60. The Morgan fingerprint density at radius 3 is 2.69 bits per heavy atom. The van der Waals surface area contributed by atoms with Crippen LogP contribution in [-0.2, 0) is 29.6 Å². The number of benzene rings is 2. The number of likely N-dealkylation sites (tertiary alicyclic amines) is 1. The van der Waals surface area contributed by atoms with Gasteiger partial charge in [0.15, 0.2) is 0 Å². The molecule has 2 amide bonds. The summed E-state index contributed by atoms with van der Waals surface area (Å²) in [6.45, 7) is 1.52. The summed E-state index contributed by atoms with van der Waals surface area (Å²) in [5, 5.41) is 3.02. The first-order valence-corrected chi connectivity index (χ1v) is 10.1. The van der Waals surface area contributed by atoms with E-state index in [0.29, 0.717) is 32.5 Å². The van der Waals surface area contributed by atoms with Gasteiger partial charge < -0.3 is 14.8 Å². The highest BCUT2D eigenvalue weighted by atomic mass is 16.2. The van der Waals surface area contributed by atoms with Crippen molar-refractivity contribution in [1.82, 2.24) is 19.8 Å². The maximum atomic E-state index is 12.7. The molecule has 1 atom stereocenters. The van der Waals surface area contributed by atoms with Crippen molar-refractivity contribution in [3.63, 3.8) is 0 Å². The molecule has 1 N–H and O–H groups in total. The van der Waals surface area contributed by atoms with Crippen LogP contribution in [0.4, 0.5) is 0 Å².